The summed E-state index contributed by atoms with van der Waals surface area (Å²) in [7, 11) is 1.70. The molecule has 4 nitrogen and oxygen atoms in total. The summed E-state index contributed by atoms with van der Waals surface area (Å²) in [5.41, 5.74) is 6.98. The Labute approximate surface area is 120 Å². The van der Waals surface area contributed by atoms with E-state index in [0.29, 0.717) is 0 Å². The number of benzene rings is 1. The molecule has 2 N–H and O–H groups in total. The van der Waals surface area contributed by atoms with Crippen molar-refractivity contribution < 1.29 is 9.47 Å². The van der Waals surface area contributed by atoms with Gasteiger partial charge in [-0.15, -0.1) is 0 Å². The third-order valence-electron chi connectivity index (χ3n) is 4.66. The van der Waals surface area contributed by atoms with Gasteiger partial charge in [-0.25, -0.2) is 0 Å². The normalized spacial score (nSPS) is 21.3. The van der Waals surface area contributed by atoms with Gasteiger partial charge in [0, 0.05) is 32.2 Å². The van der Waals surface area contributed by atoms with Crippen molar-refractivity contribution in [3.8, 4) is 11.5 Å². The first-order valence-electron chi connectivity index (χ1n) is 7.53. The maximum atomic E-state index is 6.39. The monoisotopic (exact) mass is 276 g/mol. The predicted octanol–water partition coefficient (Wildman–Crippen LogP) is 1.81. The van der Waals surface area contributed by atoms with Crippen LogP contribution in [0.4, 0.5) is 0 Å². The molecule has 0 aromatic heterocycles. The van der Waals surface area contributed by atoms with Crippen molar-refractivity contribution in [1.82, 2.24) is 4.90 Å². The summed E-state index contributed by atoms with van der Waals surface area (Å²) in [6.07, 6.45) is 4.44. The molecule has 1 saturated heterocycles. The van der Waals surface area contributed by atoms with Gasteiger partial charge in [0.05, 0.1) is 7.11 Å². The number of likely N-dealkylation sites (tertiary alicyclic amines) is 1. The molecule has 0 aliphatic carbocycles. The molecule has 1 fully saturated rings. The van der Waals surface area contributed by atoms with Gasteiger partial charge in [0.25, 0.3) is 0 Å². The summed E-state index contributed by atoms with van der Waals surface area (Å²) in [5, 5.41) is 0. The van der Waals surface area contributed by atoms with Gasteiger partial charge in [0.15, 0.2) is 0 Å². The van der Waals surface area contributed by atoms with Crippen molar-refractivity contribution in [2.75, 3.05) is 33.3 Å². The number of aryl methyl sites for hydroxylation is 1. The van der Waals surface area contributed by atoms with Crippen LogP contribution in [0.5, 0.6) is 11.5 Å². The summed E-state index contributed by atoms with van der Waals surface area (Å²) in [5.74, 6) is 1.89. The Hall–Kier alpha value is -1.26. The van der Waals surface area contributed by atoms with E-state index in [2.05, 4.69) is 11.0 Å². The molecule has 1 aromatic carbocycles. The lowest BCUT2D eigenvalue weighted by molar-refractivity contribution is -0.0138. The molecular formula is C16H24N2O2. The Balaban J connectivity index is 1.72. The topological polar surface area (TPSA) is 47.7 Å². The largest absolute Gasteiger partial charge is 0.497 e. The van der Waals surface area contributed by atoms with Crippen LogP contribution in [0.2, 0.25) is 0 Å². The zero-order valence-electron chi connectivity index (χ0n) is 12.2. The smallest absolute Gasteiger partial charge is 0.127 e. The lowest BCUT2D eigenvalue weighted by atomic mass is 9.83. The van der Waals surface area contributed by atoms with Crippen molar-refractivity contribution in [3.05, 3.63) is 23.8 Å². The van der Waals surface area contributed by atoms with Crippen LogP contribution >= 0.6 is 0 Å². The highest BCUT2D eigenvalue weighted by Gasteiger charge is 2.39. The summed E-state index contributed by atoms with van der Waals surface area (Å²) in [6, 6.07) is 6.18. The van der Waals surface area contributed by atoms with Gasteiger partial charge in [-0.3, -0.25) is 0 Å². The lowest BCUT2D eigenvalue weighted by Crippen LogP contribution is -2.50. The SMILES string of the molecule is COc1ccc2c(c1)OC1(CC2)CCN(CCN)CC1. The lowest BCUT2D eigenvalue weighted by Gasteiger charge is -2.44. The molecule has 2 aliphatic heterocycles. The number of methoxy groups -OCH3 is 1. The van der Waals surface area contributed by atoms with Crippen LogP contribution in [-0.4, -0.2) is 43.8 Å². The van der Waals surface area contributed by atoms with Gasteiger partial charge in [-0.05, 0) is 37.3 Å². The number of hydrogen-bond acceptors (Lipinski definition) is 4. The maximum Gasteiger partial charge on any atom is 0.127 e. The first kappa shape index (κ1) is 13.7. The first-order valence-corrected chi connectivity index (χ1v) is 7.53. The summed E-state index contributed by atoms with van der Waals surface area (Å²) in [4.78, 5) is 2.44. The van der Waals surface area contributed by atoms with E-state index in [1.165, 1.54) is 5.56 Å². The fourth-order valence-electron chi connectivity index (χ4n) is 3.33. The number of piperidine rings is 1. The fourth-order valence-corrected chi connectivity index (χ4v) is 3.33. The summed E-state index contributed by atoms with van der Waals surface area (Å²) in [6.45, 7) is 3.93. The minimum atomic E-state index is 0.0322. The van der Waals surface area contributed by atoms with Crippen molar-refractivity contribution in [2.24, 2.45) is 5.73 Å². The Morgan fingerprint density at radius 3 is 2.80 bits per heavy atom. The summed E-state index contributed by atoms with van der Waals surface area (Å²) >= 11 is 0. The van der Waals surface area contributed by atoms with Gasteiger partial charge in [0.1, 0.15) is 17.1 Å². The molecule has 1 spiro atoms. The average molecular weight is 276 g/mol. The number of hydrogen-bond donors (Lipinski definition) is 1. The summed E-state index contributed by atoms with van der Waals surface area (Å²) < 4.78 is 11.7. The molecule has 0 radical (unpaired) electrons. The van der Waals surface area contributed by atoms with Gasteiger partial charge in [-0.2, -0.15) is 0 Å². The molecule has 0 bridgehead atoms. The van der Waals surface area contributed by atoms with Gasteiger partial charge in [0.2, 0.25) is 0 Å². The van der Waals surface area contributed by atoms with E-state index in [1.807, 2.05) is 12.1 Å². The van der Waals surface area contributed by atoms with Gasteiger partial charge in [-0.1, -0.05) is 6.07 Å². The molecule has 1 aromatic rings. The van der Waals surface area contributed by atoms with E-state index in [1.54, 1.807) is 7.11 Å². The molecule has 0 saturated carbocycles. The third-order valence-corrected chi connectivity index (χ3v) is 4.66. The van der Waals surface area contributed by atoms with Crippen molar-refractivity contribution >= 4 is 0 Å². The van der Waals surface area contributed by atoms with Crippen LogP contribution in [0.25, 0.3) is 0 Å². The van der Waals surface area contributed by atoms with Crippen LogP contribution in [0.15, 0.2) is 18.2 Å². The number of fused-ring (bicyclic) bond motifs is 1. The Morgan fingerprint density at radius 2 is 2.10 bits per heavy atom. The van der Waals surface area contributed by atoms with Crippen LogP contribution < -0.4 is 15.2 Å². The maximum absolute atomic E-state index is 6.39. The van der Waals surface area contributed by atoms with E-state index in [-0.39, 0.29) is 5.60 Å². The van der Waals surface area contributed by atoms with Crippen molar-refractivity contribution in [2.45, 2.75) is 31.3 Å². The zero-order chi connectivity index (χ0) is 14.0. The van der Waals surface area contributed by atoms with E-state index in [9.17, 15) is 0 Å². The standard InChI is InChI=1S/C16H24N2O2/c1-19-14-3-2-13-4-5-16(20-15(13)12-14)6-9-18(10-7-16)11-8-17/h2-3,12H,4-11,17H2,1H3. The van der Waals surface area contributed by atoms with E-state index in [4.69, 9.17) is 15.2 Å². The number of rotatable bonds is 3. The quantitative estimate of drug-likeness (QED) is 0.915. The molecular weight excluding hydrogens is 252 g/mol. The van der Waals surface area contributed by atoms with E-state index < -0.39 is 0 Å². The van der Waals surface area contributed by atoms with Crippen LogP contribution in [-0.2, 0) is 6.42 Å². The number of nitrogens with two attached hydrogens (primary N) is 1. The third kappa shape index (κ3) is 2.63. The van der Waals surface area contributed by atoms with Crippen LogP contribution in [0, 0.1) is 0 Å². The van der Waals surface area contributed by atoms with E-state index >= 15 is 0 Å². The van der Waals surface area contributed by atoms with Crippen LogP contribution in [0.3, 0.4) is 0 Å². The molecule has 20 heavy (non-hydrogen) atoms. The second-order valence-electron chi connectivity index (χ2n) is 5.89. The van der Waals surface area contributed by atoms with Crippen molar-refractivity contribution in [3.63, 3.8) is 0 Å². The fraction of sp³-hybridized carbons (Fsp3) is 0.625. The van der Waals surface area contributed by atoms with Crippen LogP contribution in [0.1, 0.15) is 24.8 Å². The van der Waals surface area contributed by atoms with Gasteiger partial charge >= 0.3 is 0 Å². The minimum absolute atomic E-state index is 0.0322. The Bertz CT molecular complexity index is 468. The Kier molecular flexibility index (Phi) is 3.85. The second-order valence-corrected chi connectivity index (χ2v) is 5.89. The minimum Gasteiger partial charge on any atom is -0.497 e. The molecule has 0 unspecified atom stereocenters. The zero-order valence-corrected chi connectivity index (χ0v) is 12.2. The average Bonchev–Trinajstić information content (AvgIpc) is 2.49. The molecule has 110 valence electrons. The molecule has 3 rings (SSSR count). The first-order chi connectivity index (χ1) is 9.74. The van der Waals surface area contributed by atoms with Gasteiger partial charge < -0.3 is 20.1 Å². The highest BCUT2D eigenvalue weighted by molar-refractivity contribution is 5.42. The number of ether oxygens (including phenoxy) is 2. The Morgan fingerprint density at radius 1 is 1.30 bits per heavy atom. The predicted molar refractivity (Wildman–Crippen MR) is 79.4 cm³/mol. The molecule has 0 atom stereocenters. The molecule has 2 heterocycles. The highest BCUT2D eigenvalue weighted by atomic mass is 16.5. The van der Waals surface area contributed by atoms with Crippen molar-refractivity contribution in [1.29, 1.82) is 0 Å². The number of nitrogens with zero attached hydrogens (tertiary/aromatic N) is 1. The molecule has 0 amide bonds. The highest BCUT2D eigenvalue weighted by Crippen LogP contribution is 2.40. The second kappa shape index (κ2) is 5.62. The molecule has 4 heteroatoms. The van der Waals surface area contributed by atoms with E-state index in [0.717, 1.165) is 63.4 Å². The molecule has 2 aliphatic rings.